The van der Waals surface area contributed by atoms with Gasteiger partial charge in [0.15, 0.2) is 17.5 Å². The number of hydrogen-bond acceptors (Lipinski definition) is 5. The molecule has 2 heterocycles. The highest BCUT2D eigenvalue weighted by molar-refractivity contribution is 5.93. The fourth-order valence-corrected chi connectivity index (χ4v) is 2.69. The van der Waals surface area contributed by atoms with Crippen molar-refractivity contribution < 1.29 is 18.6 Å². The fourth-order valence-electron chi connectivity index (χ4n) is 2.69. The molecule has 0 aliphatic carbocycles. The molecule has 28 heavy (non-hydrogen) atoms. The van der Waals surface area contributed by atoms with Crippen molar-refractivity contribution in [1.29, 1.82) is 0 Å². The first-order chi connectivity index (χ1) is 13.8. The molecule has 0 amide bonds. The average Bonchev–Trinajstić information content (AvgIpc) is 3.12. The predicted molar refractivity (Wildman–Crippen MR) is 109 cm³/mol. The largest absolute Gasteiger partial charge is 0.490 e. The van der Waals surface area contributed by atoms with E-state index in [9.17, 15) is 0 Å². The van der Waals surface area contributed by atoms with Crippen LogP contribution in [-0.2, 0) is 11.3 Å². The van der Waals surface area contributed by atoms with E-state index in [1.54, 1.807) is 6.26 Å². The lowest BCUT2D eigenvalue weighted by Gasteiger charge is -2.14. The Balaban J connectivity index is 1.46. The van der Waals surface area contributed by atoms with Gasteiger partial charge in [-0.15, -0.1) is 0 Å². The minimum Gasteiger partial charge on any atom is -0.490 e. The Morgan fingerprint density at radius 1 is 1.18 bits per heavy atom. The van der Waals surface area contributed by atoms with Crippen molar-refractivity contribution in [2.45, 2.75) is 32.8 Å². The number of ether oxygens (including phenoxy) is 3. The van der Waals surface area contributed by atoms with Crippen LogP contribution in [0.15, 0.2) is 46.0 Å². The Bertz CT molecular complexity index is 731. The van der Waals surface area contributed by atoms with Crippen LogP contribution in [0.1, 0.15) is 31.9 Å². The monoisotopic (exact) mass is 387 g/mol. The summed E-state index contributed by atoms with van der Waals surface area (Å²) in [6.45, 7) is 6.14. The number of aliphatic imine (C=N–C) groups is 1. The van der Waals surface area contributed by atoms with E-state index < -0.39 is 0 Å². The zero-order valence-electron chi connectivity index (χ0n) is 16.4. The molecule has 1 aliphatic heterocycles. The van der Waals surface area contributed by atoms with Gasteiger partial charge in [0.1, 0.15) is 12.4 Å². The molecule has 1 aliphatic rings. The first kappa shape index (κ1) is 20.1. The molecule has 3 rings (SSSR count). The van der Waals surface area contributed by atoms with Crippen LogP contribution in [0.2, 0.25) is 0 Å². The van der Waals surface area contributed by atoms with Crippen LogP contribution < -0.4 is 20.1 Å². The lowest BCUT2D eigenvalue weighted by molar-refractivity contribution is 0.105. The summed E-state index contributed by atoms with van der Waals surface area (Å²) >= 11 is 0. The van der Waals surface area contributed by atoms with E-state index in [1.165, 1.54) is 0 Å². The van der Waals surface area contributed by atoms with E-state index in [0.29, 0.717) is 26.4 Å². The fraction of sp³-hybridized carbons (Fsp3) is 0.476. The van der Waals surface area contributed by atoms with Crippen LogP contribution in [0.3, 0.4) is 0 Å². The molecule has 152 valence electrons. The lowest BCUT2D eigenvalue weighted by Crippen LogP contribution is -2.32. The van der Waals surface area contributed by atoms with Gasteiger partial charge in [0.05, 0.1) is 19.5 Å². The van der Waals surface area contributed by atoms with E-state index in [0.717, 1.165) is 61.3 Å². The van der Waals surface area contributed by atoms with Crippen LogP contribution in [-0.4, -0.2) is 38.9 Å². The Kier molecular flexibility index (Phi) is 8.06. The summed E-state index contributed by atoms with van der Waals surface area (Å²) in [5.41, 5.74) is 0.917. The van der Waals surface area contributed by atoms with Gasteiger partial charge >= 0.3 is 0 Å². The Labute approximate surface area is 166 Å². The molecule has 7 heteroatoms. The molecule has 0 fully saturated rings. The van der Waals surface area contributed by atoms with Crippen molar-refractivity contribution in [2.75, 3.05) is 38.2 Å². The second-order valence-electron chi connectivity index (χ2n) is 6.48. The minimum absolute atomic E-state index is 0.499. The van der Waals surface area contributed by atoms with Crippen LogP contribution in [0.5, 0.6) is 11.5 Å². The summed E-state index contributed by atoms with van der Waals surface area (Å²) in [5, 5.41) is 6.70. The normalized spacial score (nSPS) is 13.8. The van der Waals surface area contributed by atoms with E-state index in [2.05, 4.69) is 22.5 Å². The van der Waals surface area contributed by atoms with Gasteiger partial charge in [-0.3, -0.25) is 4.99 Å². The van der Waals surface area contributed by atoms with Gasteiger partial charge < -0.3 is 29.3 Å². The van der Waals surface area contributed by atoms with Crippen molar-refractivity contribution >= 4 is 11.6 Å². The SMILES string of the molecule is CCCN=C(NCCCOCc1ccco1)Nc1ccc2c(c1)OCCCO2. The van der Waals surface area contributed by atoms with Gasteiger partial charge in [0.2, 0.25) is 0 Å². The number of nitrogens with zero attached hydrogens (tertiary/aromatic N) is 1. The minimum atomic E-state index is 0.499. The summed E-state index contributed by atoms with van der Waals surface area (Å²) in [4.78, 5) is 4.59. The highest BCUT2D eigenvalue weighted by atomic mass is 16.5. The second kappa shape index (κ2) is 11.2. The zero-order chi connectivity index (χ0) is 19.4. The molecule has 0 bridgehead atoms. The number of fused-ring (bicyclic) bond motifs is 1. The second-order valence-corrected chi connectivity index (χ2v) is 6.48. The smallest absolute Gasteiger partial charge is 0.195 e. The first-order valence-corrected chi connectivity index (χ1v) is 9.90. The average molecular weight is 387 g/mol. The molecule has 2 N–H and O–H groups in total. The maximum atomic E-state index is 5.76. The number of guanidine groups is 1. The zero-order valence-corrected chi connectivity index (χ0v) is 16.4. The highest BCUT2D eigenvalue weighted by Gasteiger charge is 2.11. The summed E-state index contributed by atoms with van der Waals surface area (Å²) < 4.78 is 22.3. The third kappa shape index (κ3) is 6.49. The lowest BCUT2D eigenvalue weighted by atomic mass is 10.2. The Morgan fingerprint density at radius 2 is 2.07 bits per heavy atom. The van der Waals surface area contributed by atoms with E-state index in [4.69, 9.17) is 18.6 Å². The van der Waals surface area contributed by atoms with Crippen LogP contribution in [0.25, 0.3) is 0 Å². The molecule has 0 radical (unpaired) electrons. The van der Waals surface area contributed by atoms with E-state index >= 15 is 0 Å². The Hall–Kier alpha value is -2.67. The predicted octanol–water partition coefficient (Wildman–Crippen LogP) is 3.82. The van der Waals surface area contributed by atoms with Gasteiger partial charge in [-0.2, -0.15) is 0 Å². The molecule has 0 saturated heterocycles. The van der Waals surface area contributed by atoms with Crippen molar-refractivity contribution in [1.82, 2.24) is 5.32 Å². The maximum absolute atomic E-state index is 5.76. The quantitative estimate of drug-likeness (QED) is 0.387. The molecule has 0 unspecified atom stereocenters. The summed E-state index contributed by atoms with van der Waals surface area (Å²) in [7, 11) is 0. The molecule has 1 aromatic heterocycles. The van der Waals surface area contributed by atoms with Crippen molar-refractivity contribution in [3.05, 3.63) is 42.4 Å². The highest BCUT2D eigenvalue weighted by Crippen LogP contribution is 2.32. The van der Waals surface area contributed by atoms with Gasteiger partial charge in [0, 0.05) is 37.9 Å². The van der Waals surface area contributed by atoms with Gasteiger partial charge in [0.25, 0.3) is 0 Å². The van der Waals surface area contributed by atoms with Crippen LogP contribution >= 0.6 is 0 Å². The van der Waals surface area contributed by atoms with Gasteiger partial charge in [-0.1, -0.05) is 6.92 Å². The van der Waals surface area contributed by atoms with E-state index in [-0.39, 0.29) is 0 Å². The number of furan rings is 1. The third-order valence-electron chi connectivity index (χ3n) is 4.09. The number of nitrogens with one attached hydrogen (secondary N) is 2. The van der Waals surface area contributed by atoms with Crippen LogP contribution in [0, 0.1) is 0 Å². The first-order valence-electron chi connectivity index (χ1n) is 9.90. The molecule has 0 atom stereocenters. The molecular weight excluding hydrogens is 358 g/mol. The molecule has 7 nitrogen and oxygen atoms in total. The molecule has 0 spiro atoms. The maximum Gasteiger partial charge on any atom is 0.195 e. The van der Waals surface area contributed by atoms with Crippen molar-refractivity contribution in [2.24, 2.45) is 4.99 Å². The number of rotatable bonds is 9. The summed E-state index contributed by atoms with van der Waals surface area (Å²) in [6.07, 6.45) is 4.40. The van der Waals surface area contributed by atoms with Crippen LogP contribution in [0.4, 0.5) is 5.69 Å². The van der Waals surface area contributed by atoms with E-state index in [1.807, 2.05) is 30.3 Å². The Morgan fingerprint density at radius 3 is 2.89 bits per heavy atom. The molecular formula is C21H29N3O4. The van der Waals surface area contributed by atoms with Gasteiger partial charge in [-0.05, 0) is 37.1 Å². The summed E-state index contributed by atoms with van der Waals surface area (Å²) in [5.74, 6) is 3.15. The number of benzene rings is 1. The number of hydrogen-bond donors (Lipinski definition) is 2. The summed E-state index contributed by atoms with van der Waals surface area (Å²) in [6, 6.07) is 9.64. The third-order valence-corrected chi connectivity index (χ3v) is 4.09. The molecule has 0 saturated carbocycles. The van der Waals surface area contributed by atoms with Gasteiger partial charge in [-0.25, -0.2) is 0 Å². The molecule has 2 aromatic rings. The molecule has 1 aromatic carbocycles. The van der Waals surface area contributed by atoms with Crippen molar-refractivity contribution in [3.63, 3.8) is 0 Å². The standard InChI is InChI=1S/C21H29N3O4/c1-2-9-22-21(23-10-4-11-25-16-18-6-3-12-26-18)24-17-7-8-19-20(15-17)28-14-5-13-27-19/h3,6-8,12,15H,2,4-5,9-11,13-14,16H2,1H3,(H2,22,23,24). The topological polar surface area (TPSA) is 77.3 Å². The number of anilines is 1. The van der Waals surface area contributed by atoms with Crippen molar-refractivity contribution in [3.8, 4) is 11.5 Å².